The minimum atomic E-state index is -2.63. The first-order valence-corrected chi connectivity index (χ1v) is 15.0. The van der Waals surface area contributed by atoms with Crippen LogP contribution in [-0.2, 0) is 29.7 Å². The molecule has 0 radical (unpaired) electrons. The zero-order chi connectivity index (χ0) is 16.4. The molecule has 3 heteroatoms. The average Bonchev–Trinajstić information content (AvgIpc) is 2.48. The molecule has 0 spiro atoms. The van der Waals surface area contributed by atoms with Crippen LogP contribution in [-0.4, -0.2) is 3.21 Å². The van der Waals surface area contributed by atoms with Crippen molar-refractivity contribution in [3.05, 3.63) is 71.8 Å². The molecule has 0 aromatic heterocycles. The van der Waals surface area contributed by atoms with Gasteiger partial charge in [-0.05, 0) is 0 Å². The number of hydrogen-bond donors (Lipinski definition) is 0. The van der Waals surface area contributed by atoms with Gasteiger partial charge in [0.15, 0.2) is 0 Å². The van der Waals surface area contributed by atoms with Gasteiger partial charge in [-0.2, -0.15) is 0 Å². The summed E-state index contributed by atoms with van der Waals surface area (Å²) >= 11 is -2.63. The SMILES string of the molecule is CC(C)([C](=[Zr]([Cl])[Cl])C(C)(C)c1ccccc1)c1ccccc1. The Hall–Kier alpha value is -0.227. The topological polar surface area (TPSA) is 0 Å². The van der Waals surface area contributed by atoms with Gasteiger partial charge in [0.05, 0.1) is 0 Å². The van der Waals surface area contributed by atoms with Crippen molar-refractivity contribution in [3.63, 3.8) is 0 Å². The van der Waals surface area contributed by atoms with Gasteiger partial charge in [-0.25, -0.2) is 0 Å². The van der Waals surface area contributed by atoms with E-state index >= 15 is 0 Å². The van der Waals surface area contributed by atoms with Gasteiger partial charge >= 0.3 is 149 Å². The quantitative estimate of drug-likeness (QED) is 0.574. The number of rotatable bonds is 4. The summed E-state index contributed by atoms with van der Waals surface area (Å²) in [6.45, 7) is 8.97. The van der Waals surface area contributed by atoms with Crippen LogP contribution in [0.25, 0.3) is 0 Å². The molecule has 0 amide bonds. The molecule has 0 aliphatic carbocycles. The van der Waals surface area contributed by atoms with Crippen molar-refractivity contribution in [3.8, 4) is 0 Å². The van der Waals surface area contributed by atoms with Crippen LogP contribution in [0.3, 0.4) is 0 Å². The van der Waals surface area contributed by atoms with Gasteiger partial charge in [0.25, 0.3) is 0 Å². The number of halogens is 2. The molecule has 2 aromatic rings. The molecule has 0 nitrogen and oxygen atoms in total. The van der Waals surface area contributed by atoms with Crippen molar-refractivity contribution >= 4 is 20.2 Å². The van der Waals surface area contributed by atoms with Crippen LogP contribution in [0, 0.1) is 0 Å². The van der Waals surface area contributed by atoms with Gasteiger partial charge in [-0.3, -0.25) is 0 Å². The van der Waals surface area contributed by atoms with E-state index in [4.69, 9.17) is 17.0 Å². The molecule has 0 saturated carbocycles. The van der Waals surface area contributed by atoms with Crippen molar-refractivity contribution < 1.29 is 18.9 Å². The fraction of sp³-hybridized carbons (Fsp3) is 0.316. The molecule has 0 N–H and O–H groups in total. The molecule has 0 unspecified atom stereocenters. The number of benzene rings is 2. The zero-order valence-electron chi connectivity index (χ0n) is 13.5. The summed E-state index contributed by atoms with van der Waals surface area (Å²) in [5.74, 6) is 0. The Morgan fingerprint density at radius 3 is 1.27 bits per heavy atom. The van der Waals surface area contributed by atoms with Crippen LogP contribution in [0.4, 0.5) is 0 Å². The molecular formula is C19H22Cl2Zr. The van der Waals surface area contributed by atoms with E-state index in [1.165, 1.54) is 14.3 Å². The van der Waals surface area contributed by atoms with E-state index in [0.29, 0.717) is 0 Å². The van der Waals surface area contributed by atoms with Crippen molar-refractivity contribution in [2.45, 2.75) is 38.5 Å². The van der Waals surface area contributed by atoms with E-state index in [1.54, 1.807) is 0 Å². The summed E-state index contributed by atoms with van der Waals surface area (Å²) in [5, 5.41) is 0. The van der Waals surface area contributed by atoms with Crippen LogP contribution in [0.2, 0.25) is 0 Å². The van der Waals surface area contributed by atoms with Crippen LogP contribution < -0.4 is 0 Å². The molecule has 0 atom stereocenters. The Morgan fingerprint density at radius 1 is 0.682 bits per heavy atom. The number of hydrogen-bond acceptors (Lipinski definition) is 0. The zero-order valence-corrected chi connectivity index (χ0v) is 17.5. The van der Waals surface area contributed by atoms with Crippen molar-refractivity contribution in [1.29, 1.82) is 0 Å². The summed E-state index contributed by atoms with van der Waals surface area (Å²) in [6.07, 6.45) is 0. The average molecular weight is 413 g/mol. The van der Waals surface area contributed by atoms with E-state index in [9.17, 15) is 0 Å². The predicted octanol–water partition coefficient (Wildman–Crippen LogP) is 6.04. The molecule has 0 heterocycles. The fourth-order valence-electron chi connectivity index (χ4n) is 3.25. The second kappa shape index (κ2) is 7.12. The first-order chi connectivity index (χ1) is 10.3. The van der Waals surface area contributed by atoms with Gasteiger partial charge in [0.1, 0.15) is 0 Å². The fourth-order valence-corrected chi connectivity index (χ4v) is 11.9. The Labute approximate surface area is 148 Å². The van der Waals surface area contributed by atoms with Gasteiger partial charge < -0.3 is 0 Å². The Bertz CT molecular complexity index is 601. The van der Waals surface area contributed by atoms with Gasteiger partial charge in [0.2, 0.25) is 0 Å². The van der Waals surface area contributed by atoms with Crippen LogP contribution in [0.5, 0.6) is 0 Å². The molecule has 0 aliphatic heterocycles. The first kappa shape index (κ1) is 18.1. The predicted molar refractivity (Wildman–Crippen MR) is 95.6 cm³/mol. The Morgan fingerprint density at radius 2 is 1.00 bits per heavy atom. The van der Waals surface area contributed by atoms with E-state index in [1.807, 2.05) is 12.1 Å². The molecule has 22 heavy (non-hydrogen) atoms. The van der Waals surface area contributed by atoms with Crippen molar-refractivity contribution in [2.24, 2.45) is 0 Å². The standard InChI is InChI=1S/C19H22.2ClH.Zr/c1-18(2,16-11-7-5-8-12-16)15-19(3,4)17-13-9-6-10-14-17;;;/h5-14H,1-4H3;2*1H;/q;;;+2/p-2. The van der Waals surface area contributed by atoms with Gasteiger partial charge in [0, 0.05) is 0 Å². The maximum atomic E-state index is 6.64. The molecule has 0 fully saturated rings. The summed E-state index contributed by atoms with van der Waals surface area (Å²) in [7, 11) is 13.3. The van der Waals surface area contributed by atoms with Gasteiger partial charge in [-0.15, -0.1) is 0 Å². The summed E-state index contributed by atoms with van der Waals surface area (Å²) in [5.41, 5.74) is 2.26. The molecule has 0 bridgehead atoms. The monoisotopic (exact) mass is 410 g/mol. The molecule has 116 valence electrons. The molecule has 0 aliphatic rings. The van der Waals surface area contributed by atoms with E-state index < -0.39 is 18.9 Å². The second-order valence-electron chi connectivity index (χ2n) is 6.62. The Balaban J connectivity index is 2.60. The summed E-state index contributed by atoms with van der Waals surface area (Å²) in [4.78, 5) is 0. The third kappa shape index (κ3) is 3.64. The van der Waals surface area contributed by atoms with Crippen molar-refractivity contribution in [1.82, 2.24) is 0 Å². The third-order valence-corrected chi connectivity index (χ3v) is 10.7. The van der Waals surface area contributed by atoms with E-state index in [0.717, 1.165) is 0 Å². The van der Waals surface area contributed by atoms with E-state index in [2.05, 4.69) is 76.2 Å². The van der Waals surface area contributed by atoms with Crippen LogP contribution in [0.1, 0.15) is 38.8 Å². The third-order valence-electron chi connectivity index (χ3n) is 4.43. The van der Waals surface area contributed by atoms with Crippen LogP contribution >= 0.6 is 17.0 Å². The molecule has 0 saturated heterocycles. The van der Waals surface area contributed by atoms with Gasteiger partial charge in [-0.1, -0.05) is 0 Å². The second-order valence-corrected chi connectivity index (χ2v) is 14.7. The minimum absolute atomic E-state index is 0.140. The summed E-state index contributed by atoms with van der Waals surface area (Å²) in [6, 6.07) is 21.1. The first-order valence-electron chi connectivity index (χ1n) is 7.45. The van der Waals surface area contributed by atoms with Crippen LogP contribution in [0.15, 0.2) is 60.7 Å². The normalized spacial score (nSPS) is 12.1. The molecule has 2 aromatic carbocycles. The molecular weight excluding hydrogens is 390 g/mol. The maximum absolute atomic E-state index is 6.64. The Kier molecular flexibility index (Phi) is 5.86. The molecule has 2 rings (SSSR count). The summed E-state index contributed by atoms with van der Waals surface area (Å²) < 4.78 is 1.31. The van der Waals surface area contributed by atoms with E-state index in [-0.39, 0.29) is 10.8 Å². The van der Waals surface area contributed by atoms with Crippen molar-refractivity contribution in [2.75, 3.05) is 0 Å².